The molecule has 0 unspecified atom stereocenters. The van der Waals surface area contributed by atoms with Crippen LogP contribution in [0.5, 0.6) is 0 Å². The van der Waals surface area contributed by atoms with Crippen LogP contribution in [0.15, 0.2) is 12.4 Å². The maximum Gasteiger partial charge on any atom is 0.325 e. The number of aromatic nitrogens is 2. The summed E-state index contributed by atoms with van der Waals surface area (Å²) in [5.74, 6) is 0.465. The molecular formula is C14H17ClN4O2. The molecule has 21 heavy (non-hydrogen) atoms. The lowest BCUT2D eigenvalue weighted by Gasteiger charge is -2.33. The summed E-state index contributed by atoms with van der Waals surface area (Å²) in [6.07, 6.45) is 6.23. The Balaban J connectivity index is 1.76. The summed E-state index contributed by atoms with van der Waals surface area (Å²) in [6, 6.07) is -0.341. The SMILES string of the molecule is CC1CCC2(CC1)NC(=O)N(Cc1cnc(Cl)cn1)C2=O. The fourth-order valence-corrected chi connectivity index (χ4v) is 3.09. The monoisotopic (exact) mass is 308 g/mol. The predicted octanol–water partition coefficient (Wildman–Crippen LogP) is 2.13. The Bertz CT molecular complexity index is 567. The molecule has 1 saturated heterocycles. The van der Waals surface area contributed by atoms with E-state index in [4.69, 9.17) is 11.6 Å². The first-order chi connectivity index (χ1) is 10.00. The smallest absolute Gasteiger partial charge is 0.323 e. The molecule has 1 N–H and O–H groups in total. The Morgan fingerprint density at radius 3 is 2.67 bits per heavy atom. The van der Waals surface area contributed by atoms with Crippen LogP contribution in [-0.2, 0) is 11.3 Å². The molecule has 2 fully saturated rings. The third-order valence-corrected chi connectivity index (χ3v) is 4.56. The second-order valence-corrected chi connectivity index (χ2v) is 6.30. The third kappa shape index (κ3) is 2.60. The van der Waals surface area contributed by atoms with Crippen LogP contribution >= 0.6 is 11.6 Å². The second kappa shape index (κ2) is 5.26. The predicted molar refractivity (Wildman–Crippen MR) is 76.5 cm³/mol. The van der Waals surface area contributed by atoms with Crippen LogP contribution < -0.4 is 5.32 Å². The van der Waals surface area contributed by atoms with Gasteiger partial charge in [0.05, 0.1) is 24.6 Å². The maximum atomic E-state index is 12.6. The molecule has 1 spiro atoms. The highest BCUT2D eigenvalue weighted by Gasteiger charge is 2.51. The standard InChI is InChI=1S/C14H17ClN4O2/c1-9-2-4-14(5-3-9)12(20)19(13(21)18-14)8-10-6-17-11(15)7-16-10/h6-7,9H,2-5,8H2,1H3,(H,18,21). The first-order valence-corrected chi connectivity index (χ1v) is 7.48. The summed E-state index contributed by atoms with van der Waals surface area (Å²) in [5.41, 5.74) is -0.159. The van der Waals surface area contributed by atoms with Crippen molar-refractivity contribution in [1.29, 1.82) is 0 Å². The number of carbonyl (C=O) groups is 2. The van der Waals surface area contributed by atoms with Gasteiger partial charge in [-0.05, 0) is 31.6 Å². The third-order valence-electron chi connectivity index (χ3n) is 4.37. The average molecular weight is 309 g/mol. The van der Waals surface area contributed by atoms with Gasteiger partial charge in [0, 0.05) is 0 Å². The summed E-state index contributed by atoms with van der Waals surface area (Å²) in [6.45, 7) is 2.31. The van der Waals surface area contributed by atoms with E-state index in [1.807, 2.05) is 0 Å². The Morgan fingerprint density at radius 2 is 2.05 bits per heavy atom. The number of amides is 3. The van der Waals surface area contributed by atoms with Gasteiger partial charge in [0.25, 0.3) is 5.91 Å². The number of hydrogen-bond acceptors (Lipinski definition) is 4. The lowest BCUT2D eigenvalue weighted by Crippen LogP contribution is -2.49. The minimum atomic E-state index is -0.705. The van der Waals surface area contributed by atoms with Crippen LogP contribution in [0.2, 0.25) is 5.15 Å². The van der Waals surface area contributed by atoms with Crippen molar-refractivity contribution < 1.29 is 9.59 Å². The van der Waals surface area contributed by atoms with E-state index in [1.165, 1.54) is 17.3 Å². The zero-order valence-electron chi connectivity index (χ0n) is 11.8. The van der Waals surface area contributed by atoms with E-state index in [2.05, 4.69) is 22.2 Å². The van der Waals surface area contributed by atoms with Crippen molar-refractivity contribution in [2.24, 2.45) is 5.92 Å². The van der Waals surface area contributed by atoms with Crippen molar-refractivity contribution in [1.82, 2.24) is 20.2 Å². The molecule has 112 valence electrons. The van der Waals surface area contributed by atoms with Crippen LogP contribution in [-0.4, -0.2) is 32.3 Å². The minimum Gasteiger partial charge on any atom is -0.323 e. The maximum absolute atomic E-state index is 12.6. The van der Waals surface area contributed by atoms with E-state index in [0.717, 1.165) is 12.8 Å². The molecule has 6 nitrogen and oxygen atoms in total. The van der Waals surface area contributed by atoms with Gasteiger partial charge in [0.2, 0.25) is 0 Å². The van der Waals surface area contributed by atoms with Gasteiger partial charge in [-0.25, -0.2) is 9.78 Å². The van der Waals surface area contributed by atoms with Crippen molar-refractivity contribution in [2.45, 2.75) is 44.7 Å². The van der Waals surface area contributed by atoms with E-state index in [9.17, 15) is 9.59 Å². The molecule has 1 aliphatic heterocycles. The number of rotatable bonds is 2. The molecule has 0 radical (unpaired) electrons. The van der Waals surface area contributed by atoms with Gasteiger partial charge in [0.1, 0.15) is 10.7 Å². The normalized spacial score (nSPS) is 29.0. The zero-order chi connectivity index (χ0) is 15.0. The fourth-order valence-electron chi connectivity index (χ4n) is 3.00. The number of imide groups is 1. The quantitative estimate of drug-likeness (QED) is 0.849. The first-order valence-electron chi connectivity index (χ1n) is 7.11. The number of urea groups is 1. The highest BCUT2D eigenvalue weighted by Crippen LogP contribution is 2.36. The molecule has 1 aliphatic carbocycles. The number of carbonyl (C=O) groups excluding carboxylic acids is 2. The summed E-state index contributed by atoms with van der Waals surface area (Å²) in [7, 11) is 0. The lowest BCUT2D eigenvalue weighted by molar-refractivity contribution is -0.133. The van der Waals surface area contributed by atoms with E-state index < -0.39 is 5.54 Å². The van der Waals surface area contributed by atoms with E-state index in [1.54, 1.807) is 0 Å². The summed E-state index contributed by atoms with van der Waals surface area (Å²) >= 11 is 5.68. The van der Waals surface area contributed by atoms with Gasteiger partial charge in [-0.3, -0.25) is 14.7 Å². The van der Waals surface area contributed by atoms with Gasteiger partial charge >= 0.3 is 6.03 Å². The first kappa shape index (κ1) is 14.3. The molecule has 0 aromatic carbocycles. The van der Waals surface area contributed by atoms with Gasteiger partial charge < -0.3 is 5.32 Å². The van der Waals surface area contributed by atoms with Crippen LogP contribution in [0.1, 0.15) is 38.3 Å². The van der Waals surface area contributed by atoms with E-state index in [-0.39, 0.29) is 23.6 Å². The Hall–Kier alpha value is -1.69. The molecule has 2 heterocycles. The van der Waals surface area contributed by atoms with E-state index in [0.29, 0.717) is 24.5 Å². The van der Waals surface area contributed by atoms with Crippen molar-refractivity contribution in [2.75, 3.05) is 0 Å². The highest BCUT2D eigenvalue weighted by atomic mass is 35.5. The zero-order valence-corrected chi connectivity index (χ0v) is 12.6. The molecule has 7 heteroatoms. The molecule has 0 bridgehead atoms. The largest absolute Gasteiger partial charge is 0.325 e. The van der Waals surface area contributed by atoms with Crippen LogP contribution in [0.4, 0.5) is 4.79 Å². The second-order valence-electron chi connectivity index (χ2n) is 5.92. The molecule has 2 aliphatic rings. The van der Waals surface area contributed by atoms with Crippen molar-refractivity contribution in [3.8, 4) is 0 Å². The van der Waals surface area contributed by atoms with Crippen LogP contribution in [0, 0.1) is 5.92 Å². The molecule has 0 atom stereocenters. The van der Waals surface area contributed by atoms with Gasteiger partial charge in [-0.15, -0.1) is 0 Å². The average Bonchev–Trinajstić information content (AvgIpc) is 2.69. The molecule has 1 aromatic heterocycles. The van der Waals surface area contributed by atoms with Gasteiger partial charge in [0.15, 0.2) is 0 Å². The van der Waals surface area contributed by atoms with Crippen LogP contribution in [0.3, 0.4) is 0 Å². The van der Waals surface area contributed by atoms with Gasteiger partial charge in [-0.1, -0.05) is 18.5 Å². The number of hydrogen-bond donors (Lipinski definition) is 1. The summed E-state index contributed by atoms with van der Waals surface area (Å²) in [4.78, 5) is 34.0. The molecular weight excluding hydrogens is 292 g/mol. The lowest BCUT2D eigenvalue weighted by atomic mass is 9.77. The molecule has 3 amide bonds. The molecule has 1 aromatic rings. The Labute approximate surface area is 127 Å². The highest BCUT2D eigenvalue weighted by molar-refractivity contribution is 6.29. The topological polar surface area (TPSA) is 75.2 Å². The number of nitrogens with one attached hydrogen (secondary N) is 1. The van der Waals surface area contributed by atoms with Crippen molar-refractivity contribution in [3.63, 3.8) is 0 Å². The van der Waals surface area contributed by atoms with Gasteiger partial charge in [-0.2, -0.15) is 0 Å². The molecule has 1 saturated carbocycles. The molecule has 3 rings (SSSR count). The fraction of sp³-hybridized carbons (Fsp3) is 0.571. The Kier molecular flexibility index (Phi) is 3.57. The summed E-state index contributed by atoms with van der Waals surface area (Å²) in [5, 5.41) is 3.17. The Morgan fingerprint density at radius 1 is 1.33 bits per heavy atom. The van der Waals surface area contributed by atoms with Crippen LogP contribution in [0.25, 0.3) is 0 Å². The number of halogens is 1. The van der Waals surface area contributed by atoms with Crippen molar-refractivity contribution in [3.05, 3.63) is 23.2 Å². The number of nitrogens with zero attached hydrogens (tertiary/aromatic N) is 3. The van der Waals surface area contributed by atoms with Crippen molar-refractivity contribution >= 4 is 23.5 Å². The minimum absolute atomic E-state index is 0.131. The van der Waals surface area contributed by atoms with E-state index >= 15 is 0 Å². The summed E-state index contributed by atoms with van der Waals surface area (Å²) < 4.78 is 0.